The lowest BCUT2D eigenvalue weighted by Gasteiger charge is -2.32. The first-order valence-corrected chi connectivity index (χ1v) is 8.08. The van der Waals surface area contributed by atoms with Crippen LogP contribution in [0.4, 0.5) is 18.9 Å². The highest BCUT2D eigenvalue weighted by Crippen LogP contribution is 2.30. The lowest BCUT2D eigenvalue weighted by molar-refractivity contribution is -0.0543. The Bertz CT molecular complexity index is 607. The van der Waals surface area contributed by atoms with Crippen LogP contribution in [-0.2, 0) is 14.6 Å². The Morgan fingerprint density at radius 2 is 1.73 bits per heavy atom. The number of alkyl halides is 3. The zero-order chi connectivity index (χ0) is 16.4. The van der Waals surface area contributed by atoms with E-state index in [4.69, 9.17) is 4.74 Å². The summed E-state index contributed by atoms with van der Waals surface area (Å²) in [7, 11) is -5.33. The van der Waals surface area contributed by atoms with Crippen LogP contribution in [0.3, 0.4) is 0 Å². The van der Waals surface area contributed by atoms with Gasteiger partial charge in [0.05, 0.1) is 10.5 Å². The van der Waals surface area contributed by atoms with Crippen LogP contribution in [0.15, 0.2) is 29.2 Å². The van der Waals surface area contributed by atoms with Gasteiger partial charge in [-0.15, -0.1) is 0 Å². The number of ether oxygens (including phenoxy) is 1. The van der Waals surface area contributed by atoms with Crippen molar-refractivity contribution in [3.63, 3.8) is 0 Å². The van der Waals surface area contributed by atoms with Crippen molar-refractivity contribution in [2.75, 3.05) is 25.1 Å². The minimum atomic E-state index is -5.33. The van der Waals surface area contributed by atoms with Crippen LogP contribution < -0.4 is 5.32 Å². The van der Waals surface area contributed by atoms with Crippen LogP contribution in [0.1, 0.15) is 12.8 Å². The molecular weight excluding hydrogens is 323 g/mol. The molecule has 124 valence electrons. The smallest absolute Gasteiger partial charge is 0.388 e. The maximum Gasteiger partial charge on any atom is 0.501 e. The van der Waals surface area contributed by atoms with Gasteiger partial charge in [-0.3, -0.25) is 0 Å². The number of halogens is 3. The van der Waals surface area contributed by atoms with Gasteiger partial charge in [0.25, 0.3) is 9.84 Å². The fourth-order valence-electron chi connectivity index (χ4n) is 2.08. The van der Waals surface area contributed by atoms with Crippen molar-refractivity contribution in [3.8, 4) is 0 Å². The molecule has 0 aliphatic carbocycles. The number of hydrogen-bond donors (Lipinski definition) is 2. The average Bonchev–Trinajstić information content (AvgIpc) is 2.45. The fourth-order valence-corrected chi connectivity index (χ4v) is 2.84. The van der Waals surface area contributed by atoms with E-state index in [0.717, 1.165) is 12.1 Å². The van der Waals surface area contributed by atoms with E-state index in [9.17, 15) is 26.7 Å². The molecule has 0 saturated carbocycles. The second-order valence-electron chi connectivity index (χ2n) is 5.16. The Hall–Kier alpha value is -1.32. The molecule has 1 saturated heterocycles. The van der Waals surface area contributed by atoms with Crippen molar-refractivity contribution in [1.82, 2.24) is 0 Å². The molecule has 0 aromatic heterocycles. The molecule has 2 N–H and O–H groups in total. The van der Waals surface area contributed by atoms with Crippen LogP contribution in [-0.4, -0.2) is 44.4 Å². The van der Waals surface area contributed by atoms with Gasteiger partial charge in [0.15, 0.2) is 0 Å². The lowest BCUT2D eigenvalue weighted by Crippen LogP contribution is -2.42. The zero-order valence-electron chi connectivity index (χ0n) is 11.6. The van der Waals surface area contributed by atoms with Gasteiger partial charge in [0.1, 0.15) is 0 Å². The maximum absolute atomic E-state index is 12.4. The Balaban J connectivity index is 2.04. The molecule has 1 fully saturated rings. The summed E-state index contributed by atoms with van der Waals surface area (Å²) in [5.41, 5.74) is -5.82. The van der Waals surface area contributed by atoms with Crippen molar-refractivity contribution >= 4 is 15.5 Å². The molecule has 1 aliphatic heterocycles. The molecule has 0 atom stereocenters. The number of anilines is 1. The molecule has 1 heterocycles. The standard InChI is InChI=1S/C13H16F3NO4S/c14-13(15,16)22(19,20)11-3-1-10(2-4-11)17-9-12(18)5-7-21-8-6-12/h1-4,17-18H,5-9H2. The van der Waals surface area contributed by atoms with E-state index in [0.29, 0.717) is 31.7 Å². The molecule has 9 heteroatoms. The maximum atomic E-state index is 12.4. The first-order valence-electron chi connectivity index (χ1n) is 6.60. The molecule has 0 bridgehead atoms. The average molecular weight is 339 g/mol. The van der Waals surface area contributed by atoms with Crippen molar-refractivity contribution in [2.45, 2.75) is 28.8 Å². The molecule has 5 nitrogen and oxygen atoms in total. The molecule has 1 aromatic rings. The van der Waals surface area contributed by atoms with E-state index in [1.807, 2.05) is 0 Å². The second kappa shape index (κ2) is 6.05. The normalized spacial score (nSPS) is 18.9. The summed E-state index contributed by atoms with van der Waals surface area (Å²) in [6.45, 7) is 1.10. The van der Waals surface area contributed by atoms with Gasteiger partial charge in [-0.1, -0.05) is 0 Å². The Morgan fingerprint density at radius 3 is 2.23 bits per heavy atom. The number of hydrogen-bond acceptors (Lipinski definition) is 5. The second-order valence-corrected chi connectivity index (χ2v) is 7.11. The van der Waals surface area contributed by atoms with Gasteiger partial charge in [0, 0.05) is 38.3 Å². The van der Waals surface area contributed by atoms with Crippen molar-refractivity contribution in [1.29, 1.82) is 0 Å². The molecule has 1 aliphatic rings. The van der Waals surface area contributed by atoms with Crippen molar-refractivity contribution in [3.05, 3.63) is 24.3 Å². The van der Waals surface area contributed by atoms with E-state index in [1.54, 1.807) is 0 Å². The SMILES string of the molecule is O=S(=O)(c1ccc(NCC2(O)CCOCC2)cc1)C(F)(F)F. The third-order valence-corrected chi connectivity index (χ3v) is 5.02. The predicted octanol–water partition coefficient (Wildman–Crippen LogP) is 1.93. The van der Waals surface area contributed by atoms with Gasteiger partial charge < -0.3 is 15.2 Å². The van der Waals surface area contributed by atoms with Gasteiger partial charge in [-0.2, -0.15) is 13.2 Å². The number of sulfone groups is 1. The topological polar surface area (TPSA) is 75.6 Å². The molecular formula is C13H16F3NO4S. The summed E-state index contributed by atoms with van der Waals surface area (Å²) in [5.74, 6) is 0. The van der Waals surface area contributed by atoms with E-state index < -0.39 is 25.8 Å². The van der Waals surface area contributed by atoms with Gasteiger partial charge >= 0.3 is 5.51 Å². The molecule has 22 heavy (non-hydrogen) atoms. The van der Waals surface area contributed by atoms with E-state index in [-0.39, 0.29) is 6.54 Å². The number of rotatable bonds is 4. The van der Waals surface area contributed by atoms with E-state index in [1.165, 1.54) is 12.1 Å². The van der Waals surface area contributed by atoms with Crippen LogP contribution >= 0.6 is 0 Å². The highest BCUT2D eigenvalue weighted by atomic mass is 32.2. The fraction of sp³-hybridized carbons (Fsp3) is 0.538. The quantitative estimate of drug-likeness (QED) is 0.877. The molecule has 2 rings (SSSR count). The summed E-state index contributed by atoms with van der Waals surface area (Å²) in [6.07, 6.45) is 0.918. The zero-order valence-corrected chi connectivity index (χ0v) is 12.4. The summed E-state index contributed by atoms with van der Waals surface area (Å²) in [4.78, 5) is -0.810. The number of nitrogens with one attached hydrogen (secondary N) is 1. The predicted molar refractivity (Wildman–Crippen MR) is 73.2 cm³/mol. The van der Waals surface area contributed by atoms with Crippen LogP contribution in [0.5, 0.6) is 0 Å². The van der Waals surface area contributed by atoms with Gasteiger partial charge in [-0.25, -0.2) is 8.42 Å². The summed E-state index contributed by atoms with van der Waals surface area (Å²) in [6, 6.07) is 4.25. The highest BCUT2D eigenvalue weighted by molar-refractivity contribution is 7.92. The third kappa shape index (κ3) is 3.71. The largest absolute Gasteiger partial charge is 0.501 e. The minimum Gasteiger partial charge on any atom is -0.388 e. The number of benzene rings is 1. The van der Waals surface area contributed by atoms with Crippen LogP contribution in [0.2, 0.25) is 0 Å². The van der Waals surface area contributed by atoms with Crippen LogP contribution in [0, 0.1) is 0 Å². The molecule has 0 spiro atoms. The monoisotopic (exact) mass is 339 g/mol. The third-order valence-electron chi connectivity index (χ3n) is 3.51. The minimum absolute atomic E-state index is 0.210. The van der Waals surface area contributed by atoms with Crippen LogP contribution in [0.25, 0.3) is 0 Å². The molecule has 0 amide bonds. The number of aliphatic hydroxyl groups is 1. The van der Waals surface area contributed by atoms with Crippen molar-refractivity contribution < 1.29 is 31.4 Å². The summed E-state index contributed by atoms with van der Waals surface area (Å²) >= 11 is 0. The molecule has 0 unspecified atom stereocenters. The van der Waals surface area contributed by atoms with E-state index in [2.05, 4.69) is 5.32 Å². The Labute approximate surface area is 126 Å². The Morgan fingerprint density at radius 1 is 1.18 bits per heavy atom. The molecule has 0 radical (unpaired) electrons. The molecule has 1 aromatic carbocycles. The summed E-state index contributed by atoms with van der Waals surface area (Å²) < 4.78 is 64.8. The van der Waals surface area contributed by atoms with Crippen molar-refractivity contribution in [2.24, 2.45) is 0 Å². The van der Waals surface area contributed by atoms with Gasteiger partial charge in [-0.05, 0) is 24.3 Å². The first kappa shape index (κ1) is 17.0. The van der Waals surface area contributed by atoms with E-state index >= 15 is 0 Å². The highest BCUT2D eigenvalue weighted by Gasteiger charge is 2.46. The van der Waals surface area contributed by atoms with Gasteiger partial charge in [0.2, 0.25) is 0 Å². The first-order chi connectivity index (χ1) is 10.1. The lowest BCUT2D eigenvalue weighted by atomic mass is 9.94. The Kier molecular flexibility index (Phi) is 4.69. The summed E-state index contributed by atoms with van der Waals surface area (Å²) in [5, 5.41) is 13.1.